The molecule has 0 amide bonds. The summed E-state index contributed by atoms with van der Waals surface area (Å²) in [4.78, 5) is 0. The van der Waals surface area contributed by atoms with Crippen LogP contribution in [0.25, 0.3) is 0 Å². The molecule has 106 valence electrons. The van der Waals surface area contributed by atoms with E-state index in [9.17, 15) is 5.11 Å². The Bertz CT molecular complexity index is 377. The Hall–Kier alpha value is -1.26. The molecule has 3 N–H and O–H groups in total. The Morgan fingerprint density at radius 1 is 1.16 bits per heavy atom. The normalized spacial score (nSPS) is 18.2. The van der Waals surface area contributed by atoms with Crippen LogP contribution in [0.5, 0.6) is 5.75 Å². The zero-order chi connectivity index (χ0) is 13.5. The summed E-state index contributed by atoms with van der Waals surface area (Å²) in [5.41, 5.74) is 6.35. The van der Waals surface area contributed by atoms with Gasteiger partial charge < -0.3 is 20.3 Å². The van der Waals surface area contributed by atoms with Crippen molar-refractivity contribution in [3.8, 4) is 5.75 Å². The zero-order valence-corrected chi connectivity index (χ0v) is 11.3. The molecule has 0 aliphatic heterocycles. The lowest BCUT2D eigenvalue weighted by molar-refractivity contribution is -0.0362. The first kappa shape index (κ1) is 14.2. The summed E-state index contributed by atoms with van der Waals surface area (Å²) in [6, 6.07) is 7.28. The molecule has 0 heterocycles. The highest BCUT2D eigenvalue weighted by molar-refractivity contribution is 5.51. The van der Waals surface area contributed by atoms with Crippen molar-refractivity contribution in [3.05, 3.63) is 24.3 Å². The summed E-state index contributed by atoms with van der Waals surface area (Å²) in [6.07, 6.45) is 5.69. The molecule has 0 bridgehead atoms. The fourth-order valence-electron chi connectivity index (χ4n) is 2.33. The van der Waals surface area contributed by atoms with Gasteiger partial charge in [0.15, 0.2) is 0 Å². The number of hydrogen-bond acceptors (Lipinski definition) is 4. The number of aliphatic hydroxyl groups excluding tert-OH is 1. The van der Waals surface area contributed by atoms with E-state index in [0.29, 0.717) is 24.1 Å². The third-order valence-electron chi connectivity index (χ3n) is 3.43. The van der Waals surface area contributed by atoms with E-state index in [2.05, 4.69) is 0 Å². The van der Waals surface area contributed by atoms with Crippen LogP contribution in [0.2, 0.25) is 0 Å². The second kappa shape index (κ2) is 7.36. The number of rotatable bonds is 6. The van der Waals surface area contributed by atoms with E-state index in [4.69, 9.17) is 15.2 Å². The van der Waals surface area contributed by atoms with Gasteiger partial charge in [0.2, 0.25) is 0 Å². The average molecular weight is 265 g/mol. The van der Waals surface area contributed by atoms with Gasteiger partial charge in [-0.2, -0.15) is 0 Å². The molecule has 4 heteroatoms. The van der Waals surface area contributed by atoms with Gasteiger partial charge >= 0.3 is 0 Å². The Balaban J connectivity index is 1.66. The van der Waals surface area contributed by atoms with E-state index in [1.54, 1.807) is 12.1 Å². The molecular weight excluding hydrogens is 242 g/mol. The number of aliphatic hydroxyl groups is 1. The Labute approximate surface area is 114 Å². The average Bonchev–Trinajstić information content (AvgIpc) is 2.45. The predicted molar refractivity (Wildman–Crippen MR) is 75.2 cm³/mol. The highest BCUT2D eigenvalue weighted by atomic mass is 16.5. The number of nitrogens with two attached hydrogens (primary N) is 1. The van der Waals surface area contributed by atoms with Gasteiger partial charge in [-0.25, -0.2) is 0 Å². The maximum Gasteiger partial charge on any atom is 0.142 e. The number of nitrogen functional groups attached to an aromatic ring is 1. The van der Waals surface area contributed by atoms with Crippen molar-refractivity contribution in [2.24, 2.45) is 0 Å². The number of ether oxygens (including phenoxy) is 2. The van der Waals surface area contributed by atoms with Crippen molar-refractivity contribution in [3.63, 3.8) is 0 Å². The Morgan fingerprint density at radius 2 is 1.89 bits per heavy atom. The van der Waals surface area contributed by atoms with E-state index in [1.807, 2.05) is 12.1 Å². The molecule has 1 saturated carbocycles. The predicted octanol–water partition coefficient (Wildman–Crippen LogP) is 2.36. The molecule has 1 fully saturated rings. The van der Waals surface area contributed by atoms with Crippen LogP contribution in [0.3, 0.4) is 0 Å². The first-order valence-electron chi connectivity index (χ1n) is 7.02. The van der Waals surface area contributed by atoms with Gasteiger partial charge in [-0.1, -0.05) is 31.4 Å². The molecule has 1 aromatic carbocycles. The third kappa shape index (κ3) is 4.73. The number of anilines is 1. The van der Waals surface area contributed by atoms with Gasteiger partial charge in [0.25, 0.3) is 0 Å². The van der Waals surface area contributed by atoms with Crippen LogP contribution in [0, 0.1) is 0 Å². The fraction of sp³-hybridized carbons (Fsp3) is 0.600. The standard InChI is InChI=1S/C15H23NO3/c16-14-8-4-5-9-15(14)19-11-12(17)10-18-13-6-2-1-3-7-13/h4-5,8-9,12-13,17H,1-3,6-7,10-11,16H2. The first-order chi connectivity index (χ1) is 9.25. The maximum atomic E-state index is 9.84. The topological polar surface area (TPSA) is 64.7 Å². The molecular formula is C15H23NO3. The van der Waals surface area contributed by atoms with Crippen LogP contribution in [-0.2, 0) is 4.74 Å². The van der Waals surface area contributed by atoms with E-state index >= 15 is 0 Å². The summed E-state index contributed by atoms with van der Waals surface area (Å²) in [6.45, 7) is 0.540. The molecule has 0 spiro atoms. The molecule has 1 unspecified atom stereocenters. The summed E-state index contributed by atoms with van der Waals surface area (Å²) in [5, 5.41) is 9.84. The molecule has 0 radical (unpaired) electrons. The lowest BCUT2D eigenvalue weighted by atomic mass is 9.98. The van der Waals surface area contributed by atoms with E-state index in [1.165, 1.54) is 19.3 Å². The van der Waals surface area contributed by atoms with Crippen molar-refractivity contribution < 1.29 is 14.6 Å². The second-order valence-electron chi connectivity index (χ2n) is 5.10. The second-order valence-corrected chi connectivity index (χ2v) is 5.10. The Morgan fingerprint density at radius 3 is 2.63 bits per heavy atom. The van der Waals surface area contributed by atoms with Crippen LogP contribution in [0.15, 0.2) is 24.3 Å². The number of hydrogen-bond donors (Lipinski definition) is 2. The van der Waals surface area contributed by atoms with E-state index in [-0.39, 0.29) is 6.61 Å². The first-order valence-corrected chi connectivity index (χ1v) is 7.02. The summed E-state index contributed by atoms with van der Waals surface area (Å²) in [7, 11) is 0. The minimum Gasteiger partial charge on any atom is -0.489 e. The smallest absolute Gasteiger partial charge is 0.142 e. The zero-order valence-electron chi connectivity index (χ0n) is 11.3. The highest BCUT2D eigenvalue weighted by Crippen LogP contribution is 2.21. The molecule has 4 nitrogen and oxygen atoms in total. The largest absolute Gasteiger partial charge is 0.489 e. The highest BCUT2D eigenvalue weighted by Gasteiger charge is 2.16. The number of benzene rings is 1. The van der Waals surface area contributed by atoms with Crippen LogP contribution in [0.1, 0.15) is 32.1 Å². The SMILES string of the molecule is Nc1ccccc1OCC(O)COC1CCCCC1. The molecule has 0 saturated heterocycles. The lowest BCUT2D eigenvalue weighted by Crippen LogP contribution is -2.28. The van der Waals surface area contributed by atoms with Crippen molar-refractivity contribution in [1.82, 2.24) is 0 Å². The van der Waals surface area contributed by atoms with Gasteiger partial charge in [0, 0.05) is 0 Å². The van der Waals surface area contributed by atoms with Gasteiger partial charge in [-0.05, 0) is 25.0 Å². The summed E-state index contributed by atoms with van der Waals surface area (Å²) in [5.74, 6) is 0.610. The molecule has 1 aliphatic carbocycles. The van der Waals surface area contributed by atoms with Crippen molar-refractivity contribution in [2.75, 3.05) is 18.9 Å². The quantitative estimate of drug-likeness (QED) is 0.775. The fourth-order valence-corrected chi connectivity index (χ4v) is 2.33. The minimum absolute atomic E-state index is 0.209. The lowest BCUT2D eigenvalue weighted by Gasteiger charge is -2.23. The summed E-state index contributed by atoms with van der Waals surface area (Å²) < 4.78 is 11.2. The number of para-hydroxylation sites is 2. The molecule has 1 aliphatic rings. The van der Waals surface area contributed by atoms with Gasteiger partial charge in [-0.15, -0.1) is 0 Å². The van der Waals surface area contributed by atoms with Crippen LogP contribution in [-0.4, -0.2) is 30.5 Å². The van der Waals surface area contributed by atoms with Gasteiger partial charge in [0.05, 0.1) is 18.4 Å². The van der Waals surface area contributed by atoms with E-state index < -0.39 is 6.10 Å². The van der Waals surface area contributed by atoms with Gasteiger partial charge in [-0.3, -0.25) is 0 Å². The van der Waals surface area contributed by atoms with E-state index in [0.717, 1.165) is 12.8 Å². The molecule has 19 heavy (non-hydrogen) atoms. The minimum atomic E-state index is -0.610. The van der Waals surface area contributed by atoms with Gasteiger partial charge in [0.1, 0.15) is 18.5 Å². The van der Waals surface area contributed by atoms with Crippen molar-refractivity contribution in [1.29, 1.82) is 0 Å². The molecule has 1 aromatic rings. The van der Waals surface area contributed by atoms with Crippen LogP contribution in [0.4, 0.5) is 5.69 Å². The Kier molecular flexibility index (Phi) is 5.48. The van der Waals surface area contributed by atoms with Crippen molar-refractivity contribution in [2.45, 2.75) is 44.3 Å². The molecule has 2 rings (SSSR count). The van der Waals surface area contributed by atoms with Crippen molar-refractivity contribution >= 4 is 5.69 Å². The molecule has 1 atom stereocenters. The monoisotopic (exact) mass is 265 g/mol. The third-order valence-corrected chi connectivity index (χ3v) is 3.43. The summed E-state index contributed by atoms with van der Waals surface area (Å²) >= 11 is 0. The van der Waals surface area contributed by atoms with Crippen LogP contribution < -0.4 is 10.5 Å². The van der Waals surface area contributed by atoms with Crippen LogP contribution >= 0.6 is 0 Å². The molecule has 0 aromatic heterocycles. The maximum absolute atomic E-state index is 9.84.